The first-order valence-electron chi connectivity index (χ1n) is 4.18. The number of hydrogen-bond acceptors (Lipinski definition) is 2. The van der Waals surface area contributed by atoms with Crippen molar-refractivity contribution in [3.05, 3.63) is 54.5 Å². The quantitative estimate of drug-likeness (QED) is 0.712. The van der Waals surface area contributed by atoms with Crippen LogP contribution >= 0.6 is 0 Å². The van der Waals surface area contributed by atoms with Gasteiger partial charge in [-0.2, -0.15) is 0 Å². The summed E-state index contributed by atoms with van der Waals surface area (Å²) < 4.78 is 23.5. The minimum absolute atomic E-state index is 0.179. The lowest BCUT2D eigenvalue weighted by Gasteiger charge is -2.04. The molecule has 0 atom stereocenters. The number of hydrogen-bond donors (Lipinski definition) is 0. The Kier molecular flexibility index (Phi) is 3.25. The lowest BCUT2D eigenvalue weighted by molar-refractivity contribution is 0.601. The molecule has 0 fully saturated rings. The standard InChI is InChI=1S/C11H12O2S/c1-3-7-10(2)14(12,13)11-8-5-4-6-9-11/h3-6,8-9H,1-2,7H2. The molecule has 0 heterocycles. The lowest BCUT2D eigenvalue weighted by atomic mass is 10.4. The molecular weight excluding hydrogens is 196 g/mol. The zero-order valence-electron chi connectivity index (χ0n) is 7.81. The molecule has 0 saturated carbocycles. The van der Waals surface area contributed by atoms with Crippen LogP contribution in [-0.4, -0.2) is 8.42 Å². The van der Waals surface area contributed by atoms with Gasteiger partial charge in [0.25, 0.3) is 0 Å². The van der Waals surface area contributed by atoms with Crippen molar-refractivity contribution >= 4 is 9.84 Å². The van der Waals surface area contributed by atoms with Gasteiger partial charge in [0.1, 0.15) is 0 Å². The van der Waals surface area contributed by atoms with E-state index in [-0.39, 0.29) is 16.2 Å². The van der Waals surface area contributed by atoms with Gasteiger partial charge in [-0.3, -0.25) is 0 Å². The first-order valence-corrected chi connectivity index (χ1v) is 5.66. The Balaban J connectivity index is 3.09. The van der Waals surface area contributed by atoms with Crippen LogP contribution in [0.4, 0.5) is 0 Å². The summed E-state index contributed by atoms with van der Waals surface area (Å²) in [5.41, 5.74) is 0. The third kappa shape index (κ3) is 2.12. The molecule has 1 rings (SSSR count). The van der Waals surface area contributed by atoms with Crippen LogP contribution in [0, 0.1) is 0 Å². The molecule has 2 nitrogen and oxygen atoms in total. The summed E-state index contributed by atoms with van der Waals surface area (Å²) >= 11 is 0. The Bertz CT molecular complexity index is 430. The highest BCUT2D eigenvalue weighted by Crippen LogP contribution is 2.19. The van der Waals surface area contributed by atoms with Gasteiger partial charge in [0.05, 0.1) is 4.90 Å². The molecule has 0 aliphatic carbocycles. The summed E-state index contributed by atoms with van der Waals surface area (Å²) in [6, 6.07) is 8.27. The fraction of sp³-hybridized carbons (Fsp3) is 0.0909. The predicted molar refractivity (Wildman–Crippen MR) is 57.6 cm³/mol. The Morgan fingerprint density at radius 1 is 1.29 bits per heavy atom. The van der Waals surface area contributed by atoms with E-state index in [0.29, 0.717) is 0 Å². The minimum atomic E-state index is -3.37. The molecule has 0 aliphatic heterocycles. The molecule has 0 spiro atoms. The maximum Gasteiger partial charge on any atom is 0.202 e. The maximum atomic E-state index is 11.8. The second-order valence-corrected chi connectivity index (χ2v) is 4.90. The van der Waals surface area contributed by atoms with Crippen LogP contribution in [0.1, 0.15) is 6.42 Å². The van der Waals surface area contributed by atoms with Crippen LogP contribution in [0.5, 0.6) is 0 Å². The highest BCUT2D eigenvalue weighted by molar-refractivity contribution is 7.95. The fourth-order valence-corrected chi connectivity index (χ4v) is 2.22. The number of benzene rings is 1. The second-order valence-electron chi connectivity index (χ2n) is 2.85. The lowest BCUT2D eigenvalue weighted by Crippen LogP contribution is -2.02. The van der Waals surface area contributed by atoms with Crippen LogP contribution in [0.2, 0.25) is 0 Å². The molecule has 14 heavy (non-hydrogen) atoms. The Hall–Kier alpha value is -1.35. The second kappa shape index (κ2) is 4.24. The smallest absolute Gasteiger partial charge is 0.202 e. The van der Waals surface area contributed by atoms with Gasteiger partial charge < -0.3 is 0 Å². The number of allylic oxidation sites excluding steroid dienone is 2. The monoisotopic (exact) mass is 208 g/mol. The summed E-state index contributed by atoms with van der Waals surface area (Å²) in [5.74, 6) is 0. The Morgan fingerprint density at radius 2 is 1.86 bits per heavy atom. The Morgan fingerprint density at radius 3 is 2.36 bits per heavy atom. The topological polar surface area (TPSA) is 34.1 Å². The Labute approximate surface area is 84.5 Å². The van der Waals surface area contributed by atoms with E-state index >= 15 is 0 Å². The van der Waals surface area contributed by atoms with Crippen molar-refractivity contribution in [2.24, 2.45) is 0 Å². The number of sulfone groups is 1. The average Bonchev–Trinajstić information content (AvgIpc) is 2.19. The SMILES string of the molecule is C=CCC(=C)S(=O)(=O)c1ccccc1. The van der Waals surface area contributed by atoms with Gasteiger partial charge in [0.2, 0.25) is 9.84 Å². The highest BCUT2D eigenvalue weighted by Gasteiger charge is 2.16. The van der Waals surface area contributed by atoms with Crippen molar-refractivity contribution in [2.45, 2.75) is 11.3 Å². The third-order valence-corrected chi connectivity index (χ3v) is 3.63. The van der Waals surface area contributed by atoms with Crippen molar-refractivity contribution in [3.63, 3.8) is 0 Å². The summed E-state index contributed by atoms with van der Waals surface area (Å²) in [5, 5.41) is 0. The number of rotatable bonds is 4. The van der Waals surface area contributed by atoms with Gasteiger partial charge >= 0.3 is 0 Å². The summed E-state index contributed by atoms with van der Waals surface area (Å²) in [4.78, 5) is 0.463. The van der Waals surface area contributed by atoms with Crippen LogP contribution in [-0.2, 0) is 9.84 Å². The van der Waals surface area contributed by atoms with E-state index in [2.05, 4.69) is 13.2 Å². The van der Waals surface area contributed by atoms with Gasteiger partial charge in [0.15, 0.2) is 0 Å². The molecule has 0 unspecified atom stereocenters. The molecule has 74 valence electrons. The van der Waals surface area contributed by atoms with Crippen molar-refractivity contribution in [1.29, 1.82) is 0 Å². The van der Waals surface area contributed by atoms with Crippen molar-refractivity contribution < 1.29 is 8.42 Å². The van der Waals surface area contributed by atoms with E-state index in [1.165, 1.54) is 6.08 Å². The average molecular weight is 208 g/mol. The summed E-state index contributed by atoms with van der Waals surface area (Å²) in [6.07, 6.45) is 1.82. The van der Waals surface area contributed by atoms with Gasteiger partial charge in [-0.15, -0.1) is 6.58 Å². The third-order valence-electron chi connectivity index (χ3n) is 1.81. The molecule has 0 amide bonds. The fourth-order valence-electron chi connectivity index (χ4n) is 1.04. The van der Waals surface area contributed by atoms with Gasteiger partial charge in [-0.1, -0.05) is 30.9 Å². The van der Waals surface area contributed by atoms with E-state index in [0.717, 1.165) is 0 Å². The molecule has 1 aromatic carbocycles. The molecule has 3 heteroatoms. The molecule has 0 aromatic heterocycles. The largest absolute Gasteiger partial charge is 0.219 e. The van der Waals surface area contributed by atoms with Crippen molar-refractivity contribution in [3.8, 4) is 0 Å². The van der Waals surface area contributed by atoms with Gasteiger partial charge in [-0.25, -0.2) is 8.42 Å². The van der Waals surface area contributed by atoms with E-state index < -0.39 is 9.84 Å². The summed E-state index contributed by atoms with van der Waals surface area (Å²) in [7, 11) is -3.37. The van der Waals surface area contributed by atoms with E-state index in [4.69, 9.17) is 0 Å². The van der Waals surface area contributed by atoms with E-state index in [9.17, 15) is 8.42 Å². The molecule has 0 bridgehead atoms. The predicted octanol–water partition coefficient (Wildman–Crippen LogP) is 2.55. The highest BCUT2D eigenvalue weighted by atomic mass is 32.2. The molecule has 1 aromatic rings. The van der Waals surface area contributed by atoms with Crippen LogP contribution < -0.4 is 0 Å². The zero-order valence-corrected chi connectivity index (χ0v) is 8.63. The van der Waals surface area contributed by atoms with E-state index in [1.54, 1.807) is 30.3 Å². The zero-order chi connectivity index (χ0) is 10.6. The molecule has 0 saturated heterocycles. The molecule has 0 N–H and O–H groups in total. The maximum absolute atomic E-state index is 11.8. The van der Waals surface area contributed by atoms with E-state index in [1.807, 2.05) is 0 Å². The summed E-state index contributed by atoms with van der Waals surface area (Å²) in [6.45, 7) is 7.02. The molecular formula is C11H12O2S. The first kappa shape index (κ1) is 10.7. The van der Waals surface area contributed by atoms with Gasteiger partial charge in [-0.05, 0) is 12.1 Å². The molecule has 0 radical (unpaired) electrons. The molecule has 0 aliphatic rings. The van der Waals surface area contributed by atoms with Crippen LogP contribution in [0.15, 0.2) is 59.4 Å². The van der Waals surface area contributed by atoms with Crippen LogP contribution in [0.25, 0.3) is 0 Å². The first-order chi connectivity index (χ1) is 6.59. The van der Waals surface area contributed by atoms with Gasteiger partial charge in [0, 0.05) is 11.3 Å². The van der Waals surface area contributed by atoms with Crippen molar-refractivity contribution in [1.82, 2.24) is 0 Å². The van der Waals surface area contributed by atoms with Crippen LogP contribution in [0.3, 0.4) is 0 Å². The normalized spacial score (nSPS) is 10.9. The van der Waals surface area contributed by atoms with Crippen molar-refractivity contribution in [2.75, 3.05) is 0 Å². The minimum Gasteiger partial charge on any atom is -0.219 e.